The molecule has 8 rings (SSSR count). The first-order chi connectivity index (χ1) is 32.5. The van der Waals surface area contributed by atoms with Crippen molar-refractivity contribution < 1.29 is 72.7 Å². The second-order valence-electron chi connectivity index (χ2n) is 16.8. The van der Waals surface area contributed by atoms with Gasteiger partial charge in [0.2, 0.25) is 11.9 Å². The molecule has 3 N–H and O–H groups in total. The van der Waals surface area contributed by atoms with Crippen molar-refractivity contribution in [3.05, 3.63) is 128 Å². The Balaban J connectivity index is 0.000000249. The van der Waals surface area contributed by atoms with E-state index < -0.39 is 23.5 Å². The molecular formula is C48H51Cl2F3N7NaO6S2. The van der Waals surface area contributed by atoms with Crippen molar-refractivity contribution in [1.29, 1.82) is 0 Å². The number of Topliss-reactive ketones (excluding diaryl/α,β-unsaturated/α-hetero) is 1. The molecule has 6 heterocycles. The van der Waals surface area contributed by atoms with Gasteiger partial charge in [-0.3, -0.25) is 19.5 Å². The summed E-state index contributed by atoms with van der Waals surface area (Å²) in [5, 5.41) is 9.21. The number of benzene rings is 2. The van der Waals surface area contributed by atoms with E-state index in [1.54, 1.807) is 22.5 Å². The van der Waals surface area contributed by atoms with Crippen molar-refractivity contribution in [3.8, 4) is 22.5 Å². The van der Waals surface area contributed by atoms with E-state index in [0.29, 0.717) is 74.8 Å². The van der Waals surface area contributed by atoms with Gasteiger partial charge in [0.25, 0.3) is 0 Å². The van der Waals surface area contributed by atoms with Gasteiger partial charge in [-0.1, -0.05) is 23.2 Å². The predicted molar refractivity (Wildman–Crippen MR) is 260 cm³/mol. The summed E-state index contributed by atoms with van der Waals surface area (Å²) in [6.07, 6.45) is 6.32. The van der Waals surface area contributed by atoms with Crippen LogP contribution in [0.5, 0.6) is 0 Å². The number of hydrogen-bond donors (Lipinski definition) is 2. The van der Waals surface area contributed by atoms with E-state index in [1.165, 1.54) is 83.5 Å². The molecule has 0 unspecified atom stereocenters. The Morgan fingerprint density at radius 1 is 0.797 bits per heavy atom. The molecule has 4 aromatic heterocycles. The van der Waals surface area contributed by atoms with Crippen molar-refractivity contribution in [1.82, 2.24) is 19.9 Å². The molecule has 0 aliphatic carbocycles. The van der Waals surface area contributed by atoms with Gasteiger partial charge in [-0.2, -0.15) is 4.39 Å². The van der Waals surface area contributed by atoms with Crippen LogP contribution in [0, 0.1) is 29.4 Å². The molecule has 0 bridgehead atoms. The van der Waals surface area contributed by atoms with Crippen LogP contribution in [-0.4, -0.2) is 82.8 Å². The van der Waals surface area contributed by atoms with E-state index in [0.717, 1.165) is 61.8 Å². The Kier molecular flexibility index (Phi) is 21.4. The minimum Gasteiger partial charge on any atom is -1.00 e. The molecule has 13 nitrogen and oxygen atoms in total. The summed E-state index contributed by atoms with van der Waals surface area (Å²) in [5.41, 5.74) is 8.06. The van der Waals surface area contributed by atoms with Crippen LogP contribution >= 0.6 is 45.9 Å². The number of primary amides is 1. The van der Waals surface area contributed by atoms with E-state index in [2.05, 4.69) is 25.3 Å². The largest absolute Gasteiger partial charge is 1.00 e. The van der Waals surface area contributed by atoms with Crippen LogP contribution in [0.2, 0.25) is 10.0 Å². The van der Waals surface area contributed by atoms with Crippen LogP contribution in [-0.2, 0) is 20.6 Å². The zero-order valence-electron chi connectivity index (χ0n) is 39.5. The normalized spacial score (nSPS) is 14.0. The number of nitrogens with two attached hydrogens (primary N) is 1. The summed E-state index contributed by atoms with van der Waals surface area (Å²) in [4.78, 5) is 54.3. The number of hydrogen-bond acceptors (Lipinski definition) is 13. The number of carbonyl (C=O) groups excluding carboxylic acids is 3. The number of aromatic nitrogens is 4. The molecule has 21 heteroatoms. The summed E-state index contributed by atoms with van der Waals surface area (Å²) in [6.45, 7) is 9.84. The number of carbonyl (C=O) groups is 3. The van der Waals surface area contributed by atoms with Crippen LogP contribution in [0.1, 0.15) is 74.3 Å². The van der Waals surface area contributed by atoms with Gasteiger partial charge in [0.15, 0.2) is 16.0 Å². The topological polar surface area (TPSA) is 172 Å². The number of anilines is 2. The van der Waals surface area contributed by atoms with E-state index in [1.807, 2.05) is 26.2 Å². The number of ether oxygens (including phenoxy) is 3. The van der Waals surface area contributed by atoms with E-state index >= 15 is 0 Å². The second kappa shape index (κ2) is 26.6. The second-order valence-corrected chi connectivity index (χ2v) is 19.3. The van der Waals surface area contributed by atoms with Crippen LogP contribution in [0.3, 0.4) is 0 Å². The quantitative estimate of drug-likeness (QED) is 0.0685. The third kappa shape index (κ3) is 17.4. The van der Waals surface area contributed by atoms with Gasteiger partial charge in [-0.25, -0.2) is 28.5 Å². The maximum atomic E-state index is 13.5. The molecule has 69 heavy (non-hydrogen) atoms. The Morgan fingerprint density at radius 2 is 1.33 bits per heavy atom. The standard InChI is InChI=1S/C22H21ClFN3O2S.C19H23ClFN3O3S.C7H6FNO.Na.H/c23-19-12-25-17(10-21(28)15-1-3-16(24)4-2-15)9-18(19)20-13-30-22(27-20)26-11-14-5-7-29-8-6-14;1-19(2,3)27-18(25)24(10-12-4-6-26-7-5-12)17-23-15(11-28-17)13-8-16(21)22-9-14(13)20;8-6-3-1-5(2-4-6)7(9)10;;/h1-4,9,12-14H,5-8,10-11H2,(H,26,27);8-9,11-12H,4-7,10H2,1-3H3;1-4H,(H2,9,10);;/q;;;+1;-1. The van der Waals surface area contributed by atoms with Crippen LogP contribution in [0.15, 0.2) is 83.8 Å². The molecule has 2 aliphatic rings. The zero-order valence-corrected chi connectivity index (χ0v) is 43.6. The van der Waals surface area contributed by atoms with Crippen molar-refractivity contribution in [3.63, 3.8) is 0 Å². The Hall–Kier alpha value is -4.50. The number of halogens is 5. The average molecular weight is 1040 g/mol. The molecule has 2 fully saturated rings. The first-order valence-electron chi connectivity index (χ1n) is 21.6. The average Bonchev–Trinajstić information content (AvgIpc) is 4.01. The molecule has 2 aromatic carbocycles. The van der Waals surface area contributed by atoms with Crippen molar-refractivity contribution >= 4 is 73.9 Å². The third-order valence-corrected chi connectivity index (χ3v) is 12.7. The Morgan fingerprint density at radius 3 is 1.93 bits per heavy atom. The van der Waals surface area contributed by atoms with Crippen LogP contribution in [0.4, 0.5) is 28.2 Å². The fourth-order valence-electron chi connectivity index (χ4n) is 6.81. The van der Waals surface area contributed by atoms with Gasteiger partial charge in [-0.15, -0.1) is 22.7 Å². The van der Waals surface area contributed by atoms with Gasteiger partial charge >= 0.3 is 35.7 Å². The van der Waals surface area contributed by atoms with E-state index in [4.69, 9.17) is 43.1 Å². The summed E-state index contributed by atoms with van der Waals surface area (Å²) in [6, 6.07) is 13.6. The van der Waals surface area contributed by atoms with Gasteiger partial charge in [0.1, 0.15) is 17.2 Å². The first kappa shape index (κ1) is 55.4. The monoisotopic (exact) mass is 1040 g/mol. The first-order valence-corrected chi connectivity index (χ1v) is 24.1. The smallest absolute Gasteiger partial charge is 1.00 e. The third-order valence-electron chi connectivity index (χ3n) is 10.4. The summed E-state index contributed by atoms with van der Waals surface area (Å²) < 4.78 is 55.2. The molecular weight excluding hydrogens is 986 g/mol. The molecule has 2 amide bonds. The number of ketones is 1. The number of thiazole rings is 2. The fraction of sp³-hybridized carbons (Fsp3) is 0.354. The molecule has 0 radical (unpaired) electrons. The van der Waals surface area contributed by atoms with Gasteiger partial charge in [0.05, 0.1) is 27.9 Å². The van der Waals surface area contributed by atoms with Crippen LogP contribution in [0.25, 0.3) is 22.5 Å². The van der Waals surface area contributed by atoms with Gasteiger partial charge < -0.3 is 26.7 Å². The zero-order chi connectivity index (χ0) is 48.8. The number of rotatable bonds is 12. The Labute approximate surface area is 440 Å². The summed E-state index contributed by atoms with van der Waals surface area (Å²) in [7, 11) is 0. The minimum absolute atomic E-state index is 0. The molecule has 362 valence electrons. The summed E-state index contributed by atoms with van der Waals surface area (Å²) in [5.74, 6) is -1.16. The van der Waals surface area contributed by atoms with Gasteiger partial charge in [-0.05, 0) is 113 Å². The molecule has 0 saturated carbocycles. The molecule has 0 spiro atoms. The maximum absolute atomic E-state index is 13.5. The Bertz CT molecular complexity index is 2640. The van der Waals surface area contributed by atoms with Gasteiger partial charge in [0, 0.05) is 96.7 Å². The fourth-order valence-corrected chi connectivity index (χ4v) is 8.75. The minimum atomic E-state index is -0.639. The molecule has 0 atom stereocenters. The maximum Gasteiger partial charge on any atom is 1.00 e. The molecule has 2 aliphatic heterocycles. The number of pyridine rings is 2. The van der Waals surface area contributed by atoms with Crippen molar-refractivity contribution in [2.45, 2.75) is 58.5 Å². The number of amides is 2. The molecule has 6 aromatic rings. The van der Waals surface area contributed by atoms with Crippen LogP contribution < -0.4 is 45.5 Å². The van der Waals surface area contributed by atoms with E-state index in [9.17, 15) is 27.6 Å². The predicted octanol–water partition coefficient (Wildman–Crippen LogP) is 8.47. The van der Waals surface area contributed by atoms with E-state index in [-0.39, 0.29) is 54.8 Å². The number of nitrogens with one attached hydrogen (secondary N) is 1. The summed E-state index contributed by atoms with van der Waals surface area (Å²) >= 11 is 15.3. The van der Waals surface area contributed by atoms with Crippen molar-refractivity contribution in [2.75, 3.05) is 49.7 Å². The SMILES string of the molecule is CC(C)(C)OC(=O)N(CC1CCOCC1)c1nc(-c2cc(F)ncc2Cl)cs1.NC(=O)c1ccc(F)cc1.O=C(Cc1cc(-c2csc(NCC3CCOCC3)n2)c(Cl)cn1)c1ccc(F)cc1.[H-].[Na+]. The van der Waals surface area contributed by atoms with Crippen molar-refractivity contribution in [2.24, 2.45) is 17.6 Å². The number of nitrogens with zero attached hydrogens (tertiary/aromatic N) is 5. The molecule has 2 saturated heterocycles.